The number of hydrogen-bond donors (Lipinski definition) is 1. The van der Waals surface area contributed by atoms with Crippen molar-refractivity contribution >= 4 is 0 Å². The Bertz CT molecular complexity index is 340. The lowest BCUT2D eigenvalue weighted by atomic mass is 10.0. The molecule has 2 nitrogen and oxygen atoms in total. The molecule has 2 rings (SSSR count). The van der Waals surface area contributed by atoms with Crippen LogP contribution in [0.15, 0.2) is 18.2 Å². The van der Waals surface area contributed by atoms with Gasteiger partial charge in [-0.2, -0.15) is 0 Å². The maximum Gasteiger partial charge on any atom is 0.137 e. The van der Waals surface area contributed by atoms with Crippen molar-refractivity contribution in [2.45, 2.75) is 25.6 Å². The summed E-state index contributed by atoms with van der Waals surface area (Å²) >= 11 is 0. The monoisotopic (exact) mass is 195 g/mol. The quantitative estimate of drug-likeness (QED) is 0.783. The van der Waals surface area contributed by atoms with Crippen molar-refractivity contribution in [2.24, 2.45) is 5.73 Å². The second-order valence-corrected chi connectivity index (χ2v) is 3.70. The lowest BCUT2D eigenvalue weighted by Gasteiger charge is -2.06. The van der Waals surface area contributed by atoms with Crippen LogP contribution in [0.4, 0.5) is 4.39 Å². The Morgan fingerprint density at radius 3 is 3.14 bits per heavy atom. The molecule has 1 aromatic rings. The van der Waals surface area contributed by atoms with Gasteiger partial charge in [0.2, 0.25) is 0 Å². The molecule has 1 aromatic carbocycles. The molecule has 1 aliphatic heterocycles. The molecule has 14 heavy (non-hydrogen) atoms. The highest BCUT2D eigenvalue weighted by Crippen LogP contribution is 2.31. The van der Waals surface area contributed by atoms with Gasteiger partial charge in [-0.15, -0.1) is 0 Å². The van der Waals surface area contributed by atoms with Crippen LogP contribution in [0.25, 0.3) is 0 Å². The Kier molecular flexibility index (Phi) is 2.42. The van der Waals surface area contributed by atoms with Gasteiger partial charge in [0.15, 0.2) is 0 Å². The Hall–Kier alpha value is -1.09. The molecule has 0 radical (unpaired) electrons. The summed E-state index contributed by atoms with van der Waals surface area (Å²) in [6, 6.07) is 5.43. The molecule has 0 aliphatic carbocycles. The van der Waals surface area contributed by atoms with E-state index in [1.165, 1.54) is 0 Å². The highest BCUT2D eigenvalue weighted by atomic mass is 19.1. The van der Waals surface area contributed by atoms with E-state index in [1.807, 2.05) is 19.1 Å². The molecule has 76 valence electrons. The van der Waals surface area contributed by atoms with Crippen molar-refractivity contribution in [1.29, 1.82) is 0 Å². The number of benzene rings is 1. The predicted molar refractivity (Wildman–Crippen MR) is 53.1 cm³/mol. The number of ether oxygens (including phenoxy) is 1. The molecule has 2 atom stereocenters. The molecule has 0 aromatic heterocycles. The van der Waals surface area contributed by atoms with Crippen LogP contribution in [-0.2, 0) is 6.42 Å². The lowest BCUT2D eigenvalue weighted by Crippen LogP contribution is -2.07. The average molecular weight is 195 g/mol. The summed E-state index contributed by atoms with van der Waals surface area (Å²) in [5, 5.41) is 0. The maximum absolute atomic E-state index is 13.3. The first-order valence-electron chi connectivity index (χ1n) is 4.84. The Morgan fingerprint density at radius 1 is 1.64 bits per heavy atom. The summed E-state index contributed by atoms with van der Waals surface area (Å²) in [5.41, 5.74) is 7.02. The Balaban J connectivity index is 2.28. The number of fused-ring (bicyclic) bond motifs is 1. The largest absolute Gasteiger partial charge is 0.490 e. The number of rotatable bonds is 2. The van der Waals surface area contributed by atoms with Crippen LogP contribution >= 0.6 is 0 Å². The molecule has 2 unspecified atom stereocenters. The van der Waals surface area contributed by atoms with Gasteiger partial charge >= 0.3 is 0 Å². The van der Waals surface area contributed by atoms with Crippen LogP contribution in [0, 0.1) is 0 Å². The molecule has 0 saturated carbocycles. The van der Waals surface area contributed by atoms with E-state index in [4.69, 9.17) is 10.5 Å². The molecule has 0 bridgehead atoms. The van der Waals surface area contributed by atoms with E-state index in [0.29, 0.717) is 5.56 Å². The summed E-state index contributed by atoms with van der Waals surface area (Å²) in [7, 11) is 0. The standard InChI is InChI=1S/C11H14FNO/c1-7-4-9-5-8(10(12)6-13)2-3-11(9)14-7/h2-3,5,7,10H,4,6,13H2,1H3. The molecule has 0 amide bonds. The minimum atomic E-state index is -1.06. The normalized spacial score (nSPS) is 21.5. The van der Waals surface area contributed by atoms with E-state index in [-0.39, 0.29) is 12.6 Å². The van der Waals surface area contributed by atoms with Crippen molar-refractivity contribution in [3.8, 4) is 5.75 Å². The topological polar surface area (TPSA) is 35.2 Å². The van der Waals surface area contributed by atoms with Crippen molar-refractivity contribution in [2.75, 3.05) is 6.54 Å². The fraction of sp³-hybridized carbons (Fsp3) is 0.455. The molecule has 0 saturated heterocycles. The zero-order chi connectivity index (χ0) is 10.1. The van der Waals surface area contributed by atoms with Crippen LogP contribution in [0.3, 0.4) is 0 Å². The van der Waals surface area contributed by atoms with Crippen LogP contribution in [0.2, 0.25) is 0 Å². The molecule has 1 heterocycles. The van der Waals surface area contributed by atoms with Crippen LogP contribution in [0.1, 0.15) is 24.2 Å². The highest BCUT2D eigenvalue weighted by Gasteiger charge is 2.20. The van der Waals surface area contributed by atoms with Gasteiger partial charge in [-0.05, 0) is 30.2 Å². The average Bonchev–Trinajstić information content (AvgIpc) is 2.55. The lowest BCUT2D eigenvalue weighted by molar-refractivity contribution is 0.254. The first-order chi connectivity index (χ1) is 6.70. The Morgan fingerprint density at radius 2 is 2.43 bits per heavy atom. The van der Waals surface area contributed by atoms with Crippen LogP contribution < -0.4 is 10.5 Å². The first kappa shape index (κ1) is 9.46. The third-order valence-electron chi connectivity index (χ3n) is 2.49. The third-order valence-corrected chi connectivity index (χ3v) is 2.49. The van der Waals surface area contributed by atoms with Crippen molar-refractivity contribution in [1.82, 2.24) is 0 Å². The molecule has 1 aliphatic rings. The van der Waals surface area contributed by atoms with E-state index in [2.05, 4.69) is 0 Å². The number of nitrogens with two attached hydrogens (primary N) is 1. The van der Waals surface area contributed by atoms with Gasteiger partial charge in [0.1, 0.15) is 18.0 Å². The van der Waals surface area contributed by atoms with E-state index < -0.39 is 6.17 Å². The van der Waals surface area contributed by atoms with E-state index in [1.54, 1.807) is 6.07 Å². The summed E-state index contributed by atoms with van der Waals surface area (Å²) < 4.78 is 18.8. The predicted octanol–water partition coefficient (Wildman–Crippen LogP) is 1.98. The zero-order valence-corrected chi connectivity index (χ0v) is 8.16. The third kappa shape index (κ3) is 1.60. The molecular formula is C11H14FNO. The van der Waals surface area contributed by atoms with E-state index in [0.717, 1.165) is 17.7 Å². The van der Waals surface area contributed by atoms with Crippen LogP contribution in [0.5, 0.6) is 5.75 Å². The molecular weight excluding hydrogens is 181 g/mol. The van der Waals surface area contributed by atoms with Gasteiger partial charge in [0.05, 0.1) is 0 Å². The maximum atomic E-state index is 13.3. The van der Waals surface area contributed by atoms with Crippen molar-refractivity contribution in [3.63, 3.8) is 0 Å². The summed E-state index contributed by atoms with van der Waals surface area (Å²) in [6.07, 6.45) is 0.00731. The van der Waals surface area contributed by atoms with E-state index >= 15 is 0 Å². The van der Waals surface area contributed by atoms with Gasteiger partial charge in [-0.1, -0.05) is 6.07 Å². The molecule has 0 spiro atoms. The van der Waals surface area contributed by atoms with Gasteiger partial charge in [0.25, 0.3) is 0 Å². The fourth-order valence-electron chi connectivity index (χ4n) is 1.77. The minimum absolute atomic E-state index is 0.0369. The van der Waals surface area contributed by atoms with Gasteiger partial charge in [-0.25, -0.2) is 4.39 Å². The molecule has 2 N–H and O–H groups in total. The summed E-state index contributed by atoms with van der Waals surface area (Å²) in [5.74, 6) is 0.880. The van der Waals surface area contributed by atoms with E-state index in [9.17, 15) is 4.39 Å². The van der Waals surface area contributed by atoms with Gasteiger partial charge in [0, 0.05) is 13.0 Å². The number of hydrogen-bond acceptors (Lipinski definition) is 2. The first-order valence-corrected chi connectivity index (χ1v) is 4.84. The second-order valence-electron chi connectivity index (χ2n) is 3.70. The number of halogens is 1. The second kappa shape index (κ2) is 3.58. The van der Waals surface area contributed by atoms with Gasteiger partial charge in [-0.3, -0.25) is 0 Å². The minimum Gasteiger partial charge on any atom is -0.490 e. The van der Waals surface area contributed by atoms with Crippen LogP contribution in [-0.4, -0.2) is 12.6 Å². The molecule has 0 fully saturated rings. The SMILES string of the molecule is CC1Cc2cc(C(F)CN)ccc2O1. The van der Waals surface area contributed by atoms with Crippen molar-refractivity contribution < 1.29 is 9.13 Å². The Labute approximate surface area is 82.9 Å². The smallest absolute Gasteiger partial charge is 0.137 e. The summed E-state index contributed by atoms with van der Waals surface area (Å²) in [6.45, 7) is 2.05. The highest BCUT2D eigenvalue weighted by molar-refractivity contribution is 5.41. The van der Waals surface area contributed by atoms with Gasteiger partial charge < -0.3 is 10.5 Å². The summed E-state index contributed by atoms with van der Waals surface area (Å²) in [4.78, 5) is 0. The fourth-order valence-corrected chi connectivity index (χ4v) is 1.77. The molecule has 3 heteroatoms. The zero-order valence-electron chi connectivity index (χ0n) is 8.16. The van der Waals surface area contributed by atoms with Crippen molar-refractivity contribution in [3.05, 3.63) is 29.3 Å². The number of alkyl halides is 1.